The topological polar surface area (TPSA) is 40.7 Å². The van der Waals surface area contributed by atoms with E-state index in [0.29, 0.717) is 0 Å². The van der Waals surface area contributed by atoms with Crippen molar-refractivity contribution in [2.24, 2.45) is 0 Å². The van der Waals surface area contributed by atoms with E-state index in [0.717, 1.165) is 9.99 Å². The van der Waals surface area contributed by atoms with Crippen molar-refractivity contribution in [2.45, 2.75) is 0 Å². The third kappa shape index (κ3) is 2.54. The van der Waals surface area contributed by atoms with Gasteiger partial charge in [-0.1, -0.05) is 0 Å². The molecular formula is C9H12BrN3. The van der Waals surface area contributed by atoms with Gasteiger partial charge in [-0.2, -0.15) is 0 Å². The Morgan fingerprint density at radius 3 is 2.69 bits per heavy atom. The highest BCUT2D eigenvalue weighted by molar-refractivity contribution is 9.10. The first-order valence-corrected chi connectivity index (χ1v) is 4.74. The molecule has 2 aromatic heterocycles. The fourth-order valence-electron chi connectivity index (χ4n) is 0.944. The number of halogens is 1. The van der Waals surface area contributed by atoms with Crippen LogP contribution < -0.4 is 5.32 Å². The Morgan fingerprint density at radius 1 is 1.38 bits per heavy atom. The largest absolute Gasteiger partial charge is 0.360 e. The van der Waals surface area contributed by atoms with Gasteiger partial charge >= 0.3 is 0 Å². The third-order valence-electron chi connectivity index (χ3n) is 1.43. The summed E-state index contributed by atoms with van der Waals surface area (Å²) in [5, 5.41) is 3.93. The van der Waals surface area contributed by atoms with Gasteiger partial charge in [0.05, 0.1) is 11.7 Å². The second-order valence-electron chi connectivity index (χ2n) is 2.56. The number of hydrogen-bond donors (Lipinski definition) is 2. The van der Waals surface area contributed by atoms with Crippen LogP contribution in [0.2, 0.25) is 0 Å². The number of aromatic nitrogens is 2. The number of pyridine rings is 1. The van der Waals surface area contributed by atoms with Crippen LogP contribution in [0.25, 0.3) is 10.9 Å². The summed E-state index contributed by atoms with van der Waals surface area (Å²) < 4.78 is 1.03. The standard InChI is InChI=1S/C7H5BrN2.C2H7N/c8-6-3-9-4-7-5(6)1-2-10-7;1-3-2/h1-4,10H;3H,1-2H3. The van der Waals surface area contributed by atoms with Crippen molar-refractivity contribution in [3.63, 3.8) is 0 Å². The lowest BCUT2D eigenvalue weighted by Crippen LogP contribution is -1.89. The predicted octanol–water partition coefficient (Wildman–Crippen LogP) is 2.16. The van der Waals surface area contributed by atoms with E-state index >= 15 is 0 Å². The van der Waals surface area contributed by atoms with E-state index in [1.54, 1.807) is 12.4 Å². The molecule has 0 amide bonds. The highest BCUT2D eigenvalue weighted by Gasteiger charge is 1.96. The molecule has 0 unspecified atom stereocenters. The molecule has 0 atom stereocenters. The van der Waals surface area contributed by atoms with Crippen molar-refractivity contribution >= 4 is 26.8 Å². The quantitative estimate of drug-likeness (QED) is 0.743. The number of nitrogens with one attached hydrogen (secondary N) is 2. The minimum absolute atomic E-state index is 1.03. The molecule has 0 saturated heterocycles. The summed E-state index contributed by atoms with van der Waals surface area (Å²) in [4.78, 5) is 7.07. The molecule has 0 aliphatic rings. The maximum atomic E-state index is 4.01. The third-order valence-corrected chi connectivity index (χ3v) is 2.06. The Bertz CT molecular complexity index is 370. The highest BCUT2D eigenvalue weighted by atomic mass is 79.9. The molecule has 2 N–H and O–H groups in total. The highest BCUT2D eigenvalue weighted by Crippen LogP contribution is 2.20. The minimum Gasteiger partial charge on any atom is -0.360 e. The maximum absolute atomic E-state index is 4.01. The monoisotopic (exact) mass is 241 g/mol. The first kappa shape index (κ1) is 10.2. The zero-order chi connectivity index (χ0) is 9.68. The summed E-state index contributed by atoms with van der Waals surface area (Å²) in [7, 11) is 3.75. The van der Waals surface area contributed by atoms with E-state index in [-0.39, 0.29) is 0 Å². The molecule has 13 heavy (non-hydrogen) atoms. The smallest absolute Gasteiger partial charge is 0.0651 e. The van der Waals surface area contributed by atoms with Crippen molar-refractivity contribution in [3.8, 4) is 0 Å². The second-order valence-corrected chi connectivity index (χ2v) is 3.41. The summed E-state index contributed by atoms with van der Waals surface area (Å²) >= 11 is 3.39. The minimum atomic E-state index is 1.03. The zero-order valence-electron chi connectivity index (χ0n) is 7.63. The molecule has 0 aromatic carbocycles. The van der Waals surface area contributed by atoms with Crippen molar-refractivity contribution in [1.82, 2.24) is 15.3 Å². The van der Waals surface area contributed by atoms with E-state index in [2.05, 4.69) is 31.2 Å². The maximum Gasteiger partial charge on any atom is 0.0651 e. The lowest BCUT2D eigenvalue weighted by molar-refractivity contribution is 1.02. The van der Waals surface area contributed by atoms with Gasteiger partial charge in [0.2, 0.25) is 0 Å². The van der Waals surface area contributed by atoms with Gasteiger partial charge in [-0.25, -0.2) is 0 Å². The van der Waals surface area contributed by atoms with Crippen LogP contribution in [0.4, 0.5) is 0 Å². The Hall–Kier alpha value is -0.870. The predicted molar refractivity (Wildman–Crippen MR) is 58.8 cm³/mol. The molecule has 4 heteroatoms. The Kier molecular flexibility index (Phi) is 3.92. The van der Waals surface area contributed by atoms with Crippen LogP contribution in [0.5, 0.6) is 0 Å². The number of hydrogen-bond acceptors (Lipinski definition) is 2. The van der Waals surface area contributed by atoms with Crippen LogP contribution in [0.3, 0.4) is 0 Å². The van der Waals surface area contributed by atoms with Crippen LogP contribution in [-0.4, -0.2) is 24.1 Å². The molecule has 3 nitrogen and oxygen atoms in total. The first-order chi connectivity index (χ1) is 6.29. The van der Waals surface area contributed by atoms with Gasteiger partial charge in [0.15, 0.2) is 0 Å². The molecule has 0 aliphatic heterocycles. The SMILES string of the molecule is Brc1cncc2[nH]ccc12.CNC. The van der Waals surface area contributed by atoms with Gasteiger partial charge in [0, 0.05) is 22.3 Å². The summed E-state index contributed by atoms with van der Waals surface area (Å²) in [5.41, 5.74) is 1.06. The van der Waals surface area contributed by atoms with Gasteiger partial charge < -0.3 is 10.3 Å². The second kappa shape index (κ2) is 4.99. The average Bonchev–Trinajstić information content (AvgIpc) is 2.54. The normalized spacial score (nSPS) is 9.46. The van der Waals surface area contributed by atoms with E-state index in [9.17, 15) is 0 Å². The first-order valence-electron chi connectivity index (χ1n) is 3.94. The van der Waals surface area contributed by atoms with E-state index < -0.39 is 0 Å². The van der Waals surface area contributed by atoms with Crippen molar-refractivity contribution < 1.29 is 0 Å². The molecular weight excluding hydrogens is 230 g/mol. The van der Waals surface area contributed by atoms with E-state index in [1.165, 1.54) is 5.39 Å². The Labute approximate surface area is 85.7 Å². The molecule has 2 aromatic rings. The molecule has 0 saturated carbocycles. The number of rotatable bonds is 0. The number of H-pyrrole nitrogens is 1. The van der Waals surface area contributed by atoms with Crippen LogP contribution in [0.1, 0.15) is 0 Å². The lowest BCUT2D eigenvalue weighted by Gasteiger charge is -1.89. The average molecular weight is 242 g/mol. The Morgan fingerprint density at radius 2 is 2.08 bits per heavy atom. The zero-order valence-corrected chi connectivity index (χ0v) is 9.22. The van der Waals surface area contributed by atoms with Crippen molar-refractivity contribution in [3.05, 3.63) is 29.1 Å². The van der Waals surface area contributed by atoms with Gasteiger partial charge in [0.1, 0.15) is 0 Å². The number of fused-ring (bicyclic) bond motifs is 1. The summed E-state index contributed by atoms with van der Waals surface area (Å²) in [5.74, 6) is 0. The van der Waals surface area contributed by atoms with Crippen LogP contribution in [0.15, 0.2) is 29.1 Å². The summed E-state index contributed by atoms with van der Waals surface area (Å²) in [6, 6.07) is 2.01. The molecule has 0 radical (unpaired) electrons. The Balaban J connectivity index is 0.000000251. The fourth-order valence-corrected chi connectivity index (χ4v) is 1.41. The number of nitrogens with zero attached hydrogens (tertiary/aromatic N) is 1. The van der Waals surface area contributed by atoms with Crippen molar-refractivity contribution in [1.29, 1.82) is 0 Å². The van der Waals surface area contributed by atoms with Gasteiger partial charge in [-0.3, -0.25) is 4.98 Å². The van der Waals surface area contributed by atoms with Crippen LogP contribution in [0, 0.1) is 0 Å². The molecule has 0 aliphatic carbocycles. The van der Waals surface area contributed by atoms with E-state index in [1.807, 2.05) is 26.4 Å². The molecule has 0 spiro atoms. The molecule has 2 heterocycles. The summed E-state index contributed by atoms with van der Waals surface area (Å²) in [6.07, 6.45) is 5.49. The molecule has 0 bridgehead atoms. The van der Waals surface area contributed by atoms with Crippen LogP contribution >= 0.6 is 15.9 Å². The van der Waals surface area contributed by atoms with Gasteiger partial charge in [-0.05, 0) is 36.1 Å². The molecule has 0 fully saturated rings. The summed E-state index contributed by atoms with van der Waals surface area (Å²) in [6.45, 7) is 0. The van der Waals surface area contributed by atoms with Gasteiger partial charge in [0.25, 0.3) is 0 Å². The van der Waals surface area contributed by atoms with Gasteiger partial charge in [-0.15, -0.1) is 0 Å². The lowest BCUT2D eigenvalue weighted by atomic mass is 10.3. The molecule has 70 valence electrons. The molecule has 2 rings (SSSR count). The fraction of sp³-hybridized carbons (Fsp3) is 0.222. The number of aromatic amines is 1. The van der Waals surface area contributed by atoms with E-state index in [4.69, 9.17) is 0 Å². The van der Waals surface area contributed by atoms with Crippen molar-refractivity contribution in [2.75, 3.05) is 14.1 Å². The van der Waals surface area contributed by atoms with Crippen LogP contribution in [-0.2, 0) is 0 Å².